The zero-order valence-electron chi connectivity index (χ0n) is 13.3. The number of amides is 1. The van der Waals surface area contributed by atoms with E-state index in [-0.39, 0.29) is 12.6 Å². The molecule has 0 aliphatic carbocycles. The summed E-state index contributed by atoms with van der Waals surface area (Å²) < 4.78 is 24.3. The first kappa shape index (κ1) is 17.4. The van der Waals surface area contributed by atoms with Crippen molar-refractivity contribution in [1.82, 2.24) is 4.90 Å². The van der Waals surface area contributed by atoms with Crippen LogP contribution in [0.5, 0.6) is 0 Å². The average Bonchev–Trinajstić information content (AvgIpc) is 2.60. The molecule has 5 nitrogen and oxygen atoms in total. The zero-order chi connectivity index (χ0) is 16.3. The lowest BCUT2D eigenvalue weighted by atomic mass is 10.1. The Morgan fingerprint density at radius 2 is 2.19 bits per heavy atom. The first-order chi connectivity index (χ1) is 9.57. The molecule has 118 valence electrons. The molecule has 0 N–H and O–H groups in total. The van der Waals surface area contributed by atoms with Crippen molar-refractivity contribution in [2.24, 2.45) is 0 Å². The molecule has 1 atom stereocenters. The molecule has 6 heteroatoms. The Kier molecular flexibility index (Phi) is 5.35. The number of rotatable bonds is 3. The molecule has 21 heavy (non-hydrogen) atoms. The van der Waals surface area contributed by atoms with Crippen LogP contribution in [0.25, 0.3) is 4.85 Å². The third-order valence-corrected chi connectivity index (χ3v) is 3.01. The van der Waals surface area contributed by atoms with Crippen LogP contribution < -0.4 is 0 Å². The van der Waals surface area contributed by atoms with Crippen molar-refractivity contribution in [3.05, 3.63) is 23.3 Å². The van der Waals surface area contributed by atoms with Gasteiger partial charge in [-0.1, -0.05) is 0 Å². The summed E-state index contributed by atoms with van der Waals surface area (Å²) in [5.41, 5.74) is -1.40. The van der Waals surface area contributed by atoms with Crippen molar-refractivity contribution in [3.8, 4) is 0 Å². The Morgan fingerprint density at radius 1 is 1.57 bits per heavy atom. The van der Waals surface area contributed by atoms with Gasteiger partial charge in [-0.25, -0.2) is 15.8 Å². The summed E-state index contributed by atoms with van der Waals surface area (Å²) in [7, 11) is 0. The SMILES string of the molecule is [C-]#[N+]C/C(F)=C/CC1COC(C)(C)N1C(=O)OC(C)(C)C. The van der Waals surface area contributed by atoms with E-state index >= 15 is 0 Å². The second kappa shape index (κ2) is 6.44. The molecule has 0 aromatic carbocycles. The summed E-state index contributed by atoms with van der Waals surface area (Å²) in [6.45, 7) is 15.6. The minimum atomic E-state index is -0.795. The van der Waals surface area contributed by atoms with Gasteiger partial charge in [0.1, 0.15) is 11.3 Å². The fraction of sp³-hybridized carbons (Fsp3) is 0.733. The van der Waals surface area contributed by atoms with Crippen molar-refractivity contribution in [2.75, 3.05) is 13.2 Å². The van der Waals surface area contributed by atoms with Gasteiger partial charge in [0.05, 0.1) is 12.6 Å². The van der Waals surface area contributed by atoms with Crippen molar-refractivity contribution in [2.45, 2.75) is 58.4 Å². The number of ether oxygens (including phenoxy) is 2. The van der Waals surface area contributed by atoms with Gasteiger partial charge in [0.15, 0.2) is 5.83 Å². The zero-order valence-corrected chi connectivity index (χ0v) is 13.3. The van der Waals surface area contributed by atoms with Crippen LogP contribution in [0.3, 0.4) is 0 Å². The van der Waals surface area contributed by atoms with Crippen LogP contribution in [0, 0.1) is 6.57 Å². The van der Waals surface area contributed by atoms with E-state index in [9.17, 15) is 9.18 Å². The number of hydrogen-bond donors (Lipinski definition) is 0. The van der Waals surface area contributed by atoms with E-state index in [2.05, 4.69) is 4.85 Å². The topological polar surface area (TPSA) is 43.1 Å². The Morgan fingerprint density at radius 3 is 2.71 bits per heavy atom. The molecule has 1 aliphatic rings. The maximum Gasteiger partial charge on any atom is 0.412 e. The lowest BCUT2D eigenvalue weighted by Crippen LogP contribution is -2.49. The van der Waals surface area contributed by atoms with Gasteiger partial charge >= 0.3 is 6.09 Å². The summed E-state index contributed by atoms with van der Waals surface area (Å²) in [4.78, 5) is 16.8. The van der Waals surface area contributed by atoms with E-state index in [0.717, 1.165) is 0 Å². The highest BCUT2D eigenvalue weighted by Crippen LogP contribution is 2.31. The number of nitrogens with zero attached hydrogens (tertiary/aromatic N) is 2. The van der Waals surface area contributed by atoms with Crippen LogP contribution >= 0.6 is 0 Å². The van der Waals surface area contributed by atoms with E-state index in [0.29, 0.717) is 13.0 Å². The fourth-order valence-electron chi connectivity index (χ4n) is 2.14. The summed E-state index contributed by atoms with van der Waals surface area (Å²) in [6, 6.07) is -0.300. The van der Waals surface area contributed by atoms with Crippen LogP contribution in [-0.4, -0.2) is 41.5 Å². The molecular weight excluding hydrogens is 275 g/mol. The van der Waals surface area contributed by atoms with Crippen molar-refractivity contribution >= 4 is 6.09 Å². The largest absolute Gasteiger partial charge is 0.444 e. The summed E-state index contributed by atoms with van der Waals surface area (Å²) in [5.74, 6) is -0.487. The second-order valence-corrected chi connectivity index (χ2v) is 6.46. The maximum atomic E-state index is 13.3. The van der Waals surface area contributed by atoms with Crippen molar-refractivity contribution < 1.29 is 18.7 Å². The predicted molar refractivity (Wildman–Crippen MR) is 77.2 cm³/mol. The van der Waals surface area contributed by atoms with Crippen molar-refractivity contribution in [3.63, 3.8) is 0 Å². The third-order valence-electron chi connectivity index (χ3n) is 3.01. The number of halogens is 1. The first-order valence-corrected chi connectivity index (χ1v) is 6.91. The van der Waals surface area contributed by atoms with Crippen LogP contribution in [0.4, 0.5) is 9.18 Å². The van der Waals surface area contributed by atoms with Crippen LogP contribution in [0.1, 0.15) is 41.0 Å². The standard InChI is InChI=1S/C15H23FN2O3/c1-14(2,3)21-13(19)18-12(10-20-15(18,4)5)8-7-11(16)9-17-6/h7,12H,8-10H2,1-5H3/b11-7-. The third kappa shape index (κ3) is 5.01. The Balaban J connectivity index is 2.82. The van der Waals surface area contributed by atoms with Crippen molar-refractivity contribution in [1.29, 1.82) is 0 Å². The van der Waals surface area contributed by atoms with Gasteiger partial charge in [-0.15, -0.1) is 0 Å². The molecule has 1 heterocycles. The second-order valence-electron chi connectivity index (χ2n) is 6.46. The number of carbonyl (C=O) groups excluding carboxylic acids is 1. The van der Waals surface area contributed by atoms with Gasteiger partial charge in [0.2, 0.25) is 0 Å². The molecule has 1 unspecified atom stereocenters. The minimum absolute atomic E-state index is 0.274. The van der Waals surface area contributed by atoms with Gasteiger partial charge < -0.3 is 14.3 Å². The van der Waals surface area contributed by atoms with Gasteiger partial charge in [0, 0.05) is 0 Å². The molecule has 1 rings (SSSR count). The Hall–Kier alpha value is -1.61. The molecule has 0 bridgehead atoms. The van der Waals surface area contributed by atoms with E-state index in [4.69, 9.17) is 16.0 Å². The lowest BCUT2D eigenvalue weighted by molar-refractivity contribution is -0.0623. The molecule has 1 aliphatic heterocycles. The van der Waals surface area contributed by atoms with Gasteiger partial charge in [-0.05, 0) is 47.1 Å². The van der Waals surface area contributed by atoms with Gasteiger partial charge in [-0.3, -0.25) is 4.90 Å². The molecule has 0 aromatic heterocycles. The van der Waals surface area contributed by atoms with Gasteiger partial charge in [-0.2, -0.15) is 0 Å². The first-order valence-electron chi connectivity index (χ1n) is 6.91. The van der Waals surface area contributed by atoms with E-state index < -0.39 is 23.2 Å². The van der Waals surface area contributed by atoms with E-state index in [1.54, 1.807) is 34.6 Å². The average molecular weight is 298 g/mol. The van der Waals surface area contributed by atoms with E-state index in [1.807, 2.05) is 0 Å². The molecule has 0 spiro atoms. The Labute approximate surface area is 125 Å². The monoisotopic (exact) mass is 298 g/mol. The predicted octanol–water partition coefficient (Wildman–Crippen LogP) is 3.52. The number of hydrogen-bond acceptors (Lipinski definition) is 3. The normalized spacial score (nSPS) is 22.0. The summed E-state index contributed by atoms with van der Waals surface area (Å²) in [5, 5.41) is 0. The fourth-order valence-corrected chi connectivity index (χ4v) is 2.14. The molecule has 1 amide bonds. The molecule has 1 saturated heterocycles. The summed E-state index contributed by atoms with van der Waals surface area (Å²) >= 11 is 0. The molecule has 0 aromatic rings. The molecule has 0 radical (unpaired) electrons. The maximum absolute atomic E-state index is 13.3. The lowest BCUT2D eigenvalue weighted by Gasteiger charge is -2.34. The highest BCUT2D eigenvalue weighted by atomic mass is 19.1. The smallest absolute Gasteiger partial charge is 0.412 e. The molecule has 1 fully saturated rings. The number of carbonyl (C=O) groups is 1. The highest BCUT2D eigenvalue weighted by molar-refractivity contribution is 5.69. The van der Waals surface area contributed by atoms with Crippen LogP contribution in [-0.2, 0) is 9.47 Å². The quantitative estimate of drug-likeness (QED) is 0.749. The summed E-state index contributed by atoms with van der Waals surface area (Å²) in [6.07, 6.45) is 1.16. The van der Waals surface area contributed by atoms with Crippen LogP contribution in [0.2, 0.25) is 0 Å². The highest BCUT2D eigenvalue weighted by Gasteiger charge is 2.45. The molecule has 0 saturated carbocycles. The van der Waals surface area contributed by atoms with E-state index in [1.165, 1.54) is 11.0 Å². The minimum Gasteiger partial charge on any atom is -0.444 e. The van der Waals surface area contributed by atoms with Crippen LogP contribution in [0.15, 0.2) is 11.9 Å². The molecular formula is C15H23FN2O3. The Bertz CT molecular complexity index is 461. The van der Waals surface area contributed by atoms with Gasteiger partial charge in [0.25, 0.3) is 6.54 Å².